The van der Waals surface area contributed by atoms with Gasteiger partial charge in [0.1, 0.15) is 35.1 Å². The normalized spacial score (nSPS) is 14.6. The predicted octanol–water partition coefficient (Wildman–Crippen LogP) is 2.61. The molecule has 12 heteroatoms. The Kier molecular flexibility index (Phi) is 5.36. The maximum absolute atomic E-state index is 14.6. The molecule has 1 fully saturated rings. The van der Waals surface area contributed by atoms with Gasteiger partial charge in [-0.3, -0.25) is 14.1 Å². The number of hydrogen-bond donors (Lipinski definition) is 0. The Morgan fingerprint density at radius 3 is 2.72 bits per heavy atom. The molecule has 1 saturated heterocycles. The van der Waals surface area contributed by atoms with Crippen LogP contribution < -0.4 is 5.56 Å². The Bertz CT molecular complexity index is 1700. The van der Waals surface area contributed by atoms with Crippen molar-refractivity contribution in [1.29, 1.82) is 5.26 Å². The van der Waals surface area contributed by atoms with E-state index in [1.807, 2.05) is 6.07 Å². The fourth-order valence-corrected chi connectivity index (χ4v) is 4.50. The third-order valence-electron chi connectivity index (χ3n) is 6.30. The first-order valence-electron chi connectivity index (χ1n) is 11.4. The van der Waals surface area contributed by atoms with Crippen LogP contribution in [0.3, 0.4) is 0 Å². The van der Waals surface area contributed by atoms with Crippen LogP contribution in [0.15, 0.2) is 44.3 Å². The molecule has 5 aromatic rings. The van der Waals surface area contributed by atoms with Crippen LogP contribution in [0.4, 0.5) is 4.39 Å². The number of aryl methyl sites for hydroxylation is 1. The van der Waals surface area contributed by atoms with Gasteiger partial charge in [0.05, 0.1) is 24.2 Å². The number of hydrogen-bond acceptors (Lipinski definition) is 9. The van der Waals surface area contributed by atoms with Crippen LogP contribution in [0.25, 0.3) is 39.7 Å². The predicted molar refractivity (Wildman–Crippen MR) is 125 cm³/mol. The molecule has 0 saturated carbocycles. The van der Waals surface area contributed by atoms with E-state index in [2.05, 4.69) is 20.0 Å². The smallest absolute Gasteiger partial charge is 0.279 e. The molecular formula is C24H20FN7O4. The van der Waals surface area contributed by atoms with Gasteiger partial charge in [-0.1, -0.05) is 5.16 Å². The number of nitriles is 1. The number of aromatic nitrogens is 5. The zero-order valence-electron chi connectivity index (χ0n) is 19.3. The lowest BCUT2D eigenvalue weighted by molar-refractivity contribution is 0.0364. The Balaban J connectivity index is 1.53. The second-order valence-corrected chi connectivity index (χ2v) is 8.46. The Labute approximate surface area is 202 Å². The summed E-state index contributed by atoms with van der Waals surface area (Å²) in [5.74, 6) is 0.689. The van der Waals surface area contributed by atoms with Crippen molar-refractivity contribution in [3.8, 4) is 29.2 Å². The van der Waals surface area contributed by atoms with E-state index in [9.17, 15) is 14.4 Å². The monoisotopic (exact) mass is 489 g/mol. The number of halogens is 1. The Hall–Kier alpha value is -4.34. The maximum atomic E-state index is 14.6. The zero-order chi connectivity index (χ0) is 24.8. The highest BCUT2D eigenvalue weighted by Crippen LogP contribution is 2.28. The van der Waals surface area contributed by atoms with Gasteiger partial charge in [-0.15, -0.1) is 0 Å². The molecule has 0 amide bonds. The molecule has 0 aliphatic carbocycles. The number of rotatable bonds is 5. The van der Waals surface area contributed by atoms with Crippen LogP contribution in [-0.2, 0) is 11.3 Å². The summed E-state index contributed by atoms with van der Waals surface area (Å²) < 4.78 is 34.0. The standard InChI is InChI=1S/C24H20FN7O4/c1-14-2-5-18(35-14)22-28-23(36-29-22)19-21-24(33)31(7-6-30-8-10-34-11-9-30)20-15(12-26)16(25)3-4-17(20)32(21)13-27-19/h2-5,13H,6-11H2,1H3. The number of fused-ring (bicyclic) bond motifs is 3. The molecule has 0 bridgehead atoms. The molecule has 182 valence electrons. The first-order valence-corrected chi connectivity index (χ1v) is 11.4. The topological polar surface area (TPSA) is 128 Å². The minimum absolute atomic E-state index is 0.0420. The number of ether oxygens (including phenoxy) is 1. The van der Waals surface area contributed by atoms with Crippen LogP contribution in [0, 0.1) is 24.1 Å². The molecule has 0 radical (unpaired) electrons. The molecule has 5 heterocycles. The van der Waals surface area contributed by atoms with Gasteiger partial charge < -0.3 is 18.2 Å². The van der Waals surface area contributed by atoms with Crippen LogP contribution in [0.2, 0.25) is 0 Å². The number of furan rings is 1. The fourth-order valence-electron chi connectivity index (χ4n) is 4.50. The third kappa shape index (κ3) is 3.57. The van der Waals surface area contributed by atoms with E-state index in [0.29, 0.717) is 36.8 Å². The van der Waals surface area contributed by atoms with E-state index >= 15 is 0 Å². The molecule has 1 aliphatic rings. The van der Waals surface area contributed by atoms with Crippen molar-refractivity contribution < 1.29 is 18.1 Å². The van der Waals surface area contributed by atoms with E-state index < -0.39 is 11.4 Å². The molecule has 0 N–H and O–H groups in total. The summed E-state index contributed by atoms with van der Waals surface area (Å²) in [6.45, 7) is 5.24. The molecule has 36 heavy (non-hydrogen) atoms. The Morgan fingerprint density at radius 1 is 1.14 bits per heavy atom. The largest absolute Gasteiger partial charge is 0.458 e. The fraction of sp³-hybridized carbons (Fsp3) is 0.292. The number of imidazole rings is 1. The summed E-state index contributed by atoms with van der Waals surface area (Å²) in [4.78, 5) is 24.8. The second-order valence-electron chi connectivity index (χ2n) is 8.46. The van der Waals surface area contributed by atoms with Gasteiger partial charge >= 0.3 is 0 Å². The summed E-state index contributed by atoms with van der Waals surface area (Å²) in [5.41, 5.74) is 0.405. The van der Waals surface area contributed by atoms with Gasteiger partial charge in [-0.05, 0) is 31.2 Å². The molecule has 11 nitrogen and oxygen atoms in total. The van der Waals surface area contributed by atoms with Crippen molar-refractivity contribution in [3.05, 3.63) is 58.1 Å². The molecule has 1 aliphatic heterocycles. The minimum Gasteiger partial charge on any atom is -0.458 e. The summed E-state index contributed by atoms with van der Waals surface area (Å²) in [7, 11) is 0. The van der Waals surface area contributed by atoms with E-state index in [4.69, 9.17) is 13.7 Å². The first kappa shape index (κ1) is 22.1. The zero-order valence-corrected chi connectivity index (χ0v) is 19.3. The maximum Gasteiger partial charge on any atom is 0.279 e. The Morgan fingerprint density at radius 2 is 1.97 bits per heavy atom. The number of nitrogens with zero attached hydrogens (tertiary/aromatic N) is 7. The number of morpholine rings is 1. The van der Waals surface area contributed by atoms with Crippen LogP contribution in [-0.4, -0.2) is 61.8 Å². The average molecular weight is 489 g/mol. The molecule has 4 aromatic heterocycles. The summed E-state index contributed by atoms with van der Waals surface area (Å²) >= 11 is 0. The van der Waals surface area contributed by atoms with Crippen LogP contribution >= 0.6 is 0 Å². The van der Waals surface area contributed by atoms with Crippen molar-refractivity contribution >= 4 is 16.6 Å². The van der Waals surface area contributed by atoms with E-state index in [0.717, 1.165) is 13.1 Å². The highest BCUT2D eigenvalue weighted by molar-refractivity contribution is 5.87. The molecule has 0 unspecified atom stereocenters. The lowest BCUT2D eigenvalue weighted by atomic mass is 10.1. The summed E-state index contributed by atoms with van der Waals surface area (Å²) in [5, 5.41) is 13.7. The highest BCUT2D eigenvalue weighted by atomic mass is 19.1. The van der Waals surface area contributed by atoms with E-state index in [1.165, 1.54) is 27.4 Å². The van der Waals surface area contributed by atoms with Gasteiger partial charge in [-0.2, -0.15) is 10.2 Å². The van der Waals surface area contributed by atoms with Gasteiger partial charge in [0.15, 0.2) is 11.5 Å². The molecule has 6 rings (SSSR count). The lowest BCUT2D eigenvalue weighted by Crippen LogP contribution is -2.39. The molecule has 1 aromatic carbocycles. The lowest BCUT2D eigenvalue weighted by Gasteiger charge is -2.27. The van der Waals surface area contributed by atoms with Crippen molar-refractivity contribution in [3.63, 3.8) is 0 Å². The van der Waals surface area contributed by atoms with Gasteiger partial charge in [-0.25, -0.2) is 9.37 Å². The average Bonchev–Trinajstić information content (AvgIpc) is 3.64. The van der Waals surface area contributed by atoms with Crippen LogP contribution in [0.5, 0.6) is 0 Å². The van der Waals surface area contributed by atoms with Crippen molar-refractivity contribution in [2.75, 3.05) is 32.8 Å². The molecule has 0 spiro atoms. The van der Waals surface area contributed by atoms with Gasteiger partial charge in [0.2, 0.25) is 5.82 Å². The van der Waals surface area contributed by atoms with E-state index in [1.54, 1.807) is 19.1 Å². The SMILES string of the molecule is Cc1ccc(-c2noc(-c3ncn4c3c(=O)n(CCN3CCOCC3)c3c(C#N)c(F)ccc34)n2)o1. The van der Waals surface area contributed by atoms with Crippen LogP contribution in [0.1, 0.15) is 11.3 Å². The van der Waals surface area contributed by atoms with Gasteiger partial charge in [0.25, 0.3) is 11.4 Å². The van der Waals surface area contributed by atoms with Crippen molar-refractivity contribution in [2.45, 2.75) is 13.5 Å². The van der Waals surface area contributed by atoms with Crippen molar-refractivity contribution in [1.82, 2.24) is 29.0 Å². The van der Waals surface area contributed by atoms with Gasteiger partial charge in [0, 0.05) is 26.2 Å². The van der Waals surface area contributed by atoms with Crippen molar-refractivity contribution in [2.24, 2.45) is 0 Å². The second kappa shape index (κ2) is 8.71. The quantitative estimate of drug-likeness (QED) is 0.366. The number of benzene rings is 1. The first-order chi connectivity index (χ1) is 17.5. The van der Waals surface area contributed by atoms with E-state index in [-0.39, 0.29) is 40.6 Å². The summed E-state index contributed by atoms with van der Waals surface area (Å²) in [6.07, 6.45) is 1.43. The molecular weight excluding hydrogens is 469 g/mol. The third-order valence-corrected chi connectivity index (χ3v) is 6.30. The minimum atomic E-state index is -0.695. The highest BCUT2D eigenvalue weighted by Gasteiger charge is 2.24. The summed E-state index contributed by atoms with van der Waals surface area (Å²) in [6, 6.07) is 8.16. The molecule has 0 atom stereocenters.